The van der Waals surface area contributed by atoms with Gasteiger partial charge in [0.25, 0.3) is 0 Å². The lowest BCUT2D eigenvalue weighted by Gasteiger charge is -2.29. The molecule has 0 aromatic rings. The average molecular weight is 215 g/mol. The van der Waals surface area contributed by atoms with Gasteiger partial charge in [0, 0.05) is 6.54 Å². The average Bonchev–Trinajstić information content (AvgIpc) is 2.15. The topological polar surface area (TPSA) is 47.6 Å². The van der Waals surface area contributed by atoms with Crippen LogP contribution in [0, 0.1) is 5.92 Å². The molecule has 2 atom stereocenters. The second-order valence-electron chi connectivity index (χ2n) is 4.36. The third-order valence-electron chi connectivity index (χ3n) is 2.54. The van der Waals surface area contributed by atoms with E-state index < -0.39 is 0 Å². The number of rotatable bonds is 4. The summed E-state index contributed by atoms with van der Waals surface area (Å²) in [6.07, 6.45) is 1.17. The van der Waals surface area contributed by atoms with Crippen LogP contribution < -0.4 is 5.32 Å². The van der Waals surface area contributed by atoms with Gasteiger partial charge >= 0.3 is 5.97 Å². The third-order valence-corrected chi connectivity index (χ3v) is 2.54. The van der Waals surface area contributed by atoms with Crippen LogP contribution in [0.3, 0.4) is 0 Å². The Labute approximate surface area is 91.3 Å². The lowest BCUT2D eigenvalue weighted by atomic mass is 9.97. The van der Waals surface area contributed by atoms with Crippen LogP contribution in [0.4, 0.5) is 0 Å². The van der Waals surface area contributed by atoms with Gasteiger partial charge in [0.15, 0.2) is 0 Å². The van der Waals surface area contributed by atoms with Crippen LogP contribution in [-0.2, 0) is 14.3 Å². The molecule has 1 saturated heterocycles. The molecule has 0 bridgehead atoms. The van der Waals surface area contributed by atoms with Crippen LogP contribution in [0.1, 0.15) is 27.2 Å². The van der Waals surface area contributed by atoms with Crippen LogP contribution in [0.15, 0.2) is 0 Å². The van der Waals surface area contributed by atoms with Crippen molar-refractivity contribution < 1.29 is 14.3 Å². The number of piperidine rings is 1. The lowest BCUT2D eigenvalue weighted by molar-refractivity contribution is -0.156. The first-order chi connectivity index (χ1) is 7.09. The van der Waals surface area contributed by atoms with Gasteiger partial charge in [-0.1, -0.05) is 6.92 Å². The normalized spacial score (nSPS) is 26.7. The summed E-state index contributed by atoms with van der Waals surface area (Å²) in [5, 5.41) is 3.25. The van der Waals surface area contributed by atoms with Crippen molar-refractivity contribution in [3.8, 4) is 0 Å². The second-order valence-corrected chi connectivity index (χ2v) is 4.36. The van der Waals surface area contributed by atoms with E-state index in [0.717, 1.165) is 19.5 Å². The Balaban J connectivity index is 2.20. The highest BCUT2D eigenvalue weighted by molar-refractivity contribution is 5.70. The molecule has 15 heavy (non-hydrogen) atoms. The zero-order valence-electron chi connectivity index (χ0n) is 9.79. The molecule has 0 spiro atoms. The van der Waals surface area contributed by atoms with Crippen molar-refractivity contribution in [3.63, 3.8) is 0 Å². The molecule has 0 saturated carbocycles. The largest absolute Gasteiger partial charge is 0.461 e. The van der Waals surface area contributed by atoms with Crippen molar-refractivity contribution >= 4 is 5.97 Å². The van der Waals surface area contributed by atoms with Crippen LogP contribution in [0.25, 0.3) is 0 Å². The predicted octanol–water partition coefficient (Wildman–Crippen LogP) is 0.953. The fourth-order valence-electron chi connectivity index (χ4n) is 1.66. The number of hydrogen-bond acceptors (Lipinski definition) is 4. The Kier molecular flexibility index (Phi) is 5.05. The molecule has 0 aromatic carbocycles. The molecule has 1 N–H and O–H groups in total. The van der Waals surface area contributed by atoms with Crippen LogP contribution >= 0.6 is 0 Å². The van der Waals surface area contributed by atoms with Crippen molar-refractivity contribution in [1.82, 2.24) is 5.32 Å². The molecular weight excluding hydrogens is 194 g/mol. The molecule has 0 aromatic heterocycles. The molecule has 2 unspecified atom stereocenters. The van der Waals surface area contributed by atoms with Crippen LogP contribution in [0.5, 0.6) is 0 Å². The zero-order chi connectivity index (χ0) is 11.3. The van der Waals surface area contributed by atoms with Gasteiger partial charge in [0.2, 0.25) is 0 Å². The molecular formula is C11H21NO3. The van der Waals surface area contributed by atoms with E-state index in [4.69, 9.17) is 9.47 Å². The summed E-state index contributed by atoms with van der Waals surface area (Å²) in [6.45, 7) is 7.76. The maximum atomic E-state index is 11.2. The Morgan fingerprint density at radius 2 is 2.27 bits per heavy atom. The van der Waals surface area contributed by atoms with Crippen LogP contribution in [-0.4, -0.2) is 37.9 Å². The molecule has 1 aliphatic heterocycles. The summed E-state index contributed by atoms with van der Waals surface area (Å²) in [5.74, 6) is 0.237. The van der Waals surface area contributed by atoms with Gasteiger partial charge in [0.05, 0.1) is 12.2 Å². The van der Waals surface area contributed by atoms with Gasteiger partial charge in [0.1, 0.15) is 6.61 Å². The van der Waals surface area contributed by atoms with E-state index in [9.17, 15) is 4.79 Å². The van der Waals surface area contributed by atoms with E-state index in [1.165, 1.54) is 0 Å². The minimum atomic E-state index is -0.275. The number of nitrogens with one attached hydrogen (secondary N) is 1. The van der Waals surface area contributed by atoms with Gasteiger partial charge in [-0.2, -0.15) is 0 Å². The van der Waals surface area contributed by atoms with Crippen molar-refractivity contribution in [2.75, 3.05) is 19.7 Å². The summed E-state index contributed by atoms with van der Waals surface area (Å²) in [7, 11) is 0. The Hall–Kier alpha value is -0.610. The molecule has 4 nitrogen and oxygen atoms in total. The van der Waals surface area contributed by atoms with E-state index in [1.807, 2.05) is 13.8 Å². The number of esters is 1. The highest BCUT2D eigenvalue weighted by Gasteiger charge is 2.22. The van der Waals surface area contributed by atoms with Gasteiger partial charge in [-0.3, -0.25) is 0 Å². The summed E-state index contributed by atoms with van der Waals surface area (Å²) in [6, 6.07) is 0. The van der Waals surface area contributed by atoms with Gasteiger partial charge in [-0.25, -0.2) is 4.79 Å². The van der Waals surface area contributed by atoms with Crippen molar-refractivity contribution in [2.45, 2.75) is 39.4 Å². The molecule has 0 amide bonds. The van der Waals surface area contributed by atoms with E-state index in [0.29, 0.717) is 5.92 Å². The minimum absolute atomic E-state index is 0.0644. The van der Waals surface area contributed by atoms with E-state index >= 15 is 0 Å². The molecule has 1 heterocycles. The summed E-state index contributed by atoms with van der Waals surface area (Å²) < 4.78 is 10.5. The standard InChI is InChI=1S/C11H21NO3/c1-8(2)15-11(13)7-14-10-6-12-5-4-9(10)3/h8-10,12H,4-7H2,1-3H3. The molecule has 1 rings (SSSR count). The Bertz CT molecular complexity index is 206. The second kappa shape index (κ2) is 6.08. The highest BCUT2D eigenvalue weighted by atomic mass is 16.6. The molecule has 0 aliphatic carbocycles. The number of carbonyl (C=O) groups is 1. The zero-order valence-corrected chi connectivity index (χ0v) is 9.79. The van der Waals surface area contributed by atoms with Crippen molar-refractivity contribution in [1.29, 1.82) is 0 Å². The van der Waals surface area contributed by atoms with Crippen molar-refractivity contribution in [3.05, 3.63) is 0 Å². The number of ether oxygens (including phenoxy) is 2. The SMILES string of the molecule is CC(C)OC(=O)COC1CNCCC1C. The van der Waals surface area contributed by atoms with E-state index in [-0.39, 0.29) is 24.8 Å². The maximum Gasteiger partial charge on any atom is 0.332 e. The maximum absolute atomic E-state index is 11.2. The summed E-state index contributed by atoms with van der Waals surface area (Å²) >= 11 is 0. The number of hydrogen-bond donors (Lipinski definition) is 1. The summed E-state index contributed by atoms with van der Waals surface area (Å²) in [4.78, 5) is 11.2. The van der Waals surface area contributed by atoms with Gasteiger partial charge in [-0.05, 0) is 32.7 Å². The molecule has 1 fully saturated rings. The smallest absolute Gasteiger partial charge is 0.332 e. The van der Waals surface area contributed by atoms with E-state index in [2.05, 4.69) is 12.2 Å². The fourth-order valence-corrected chi connectivity index (χ4v) is 1.66. The van der Waals surface area contributed by atoms with Crippen LogP contribution in [0.2, 0.25) is 0 Å². The molecule has 1 aliphatic rings. The lowest BCUT2D eigenvalue weighted by Crippen LogP contribution is -2.42. The molecule has 88 valence electrons. The third kappa shape index (κ3) is 4.62. The first kappa shape index (κ1) is 12.5. The minimum Gasteiger partial charge on any atom is -0.461 e. The monoisotopic (exact) mass is 215 g/mol. The Morgan fingerprint density at radius 3 is 2.87 bits per heavy atom. The first-order valence-electron chi connectivity index (χ1n) is 5.61. The quantitative estimate of drug-likeness (QED) is 0.709. The Morgan fingerprint density at radius 1 is 1.53 bits per heavy atom. The molecule has 4 heteroatoms. The predicted molar refractivity (Wildman–Crippen MR) is 57.6 cm³/mol. The van der Waals surface area contributed by atoms with Gasteiger partial charge in [-0.15, -0.1) is 0 Å². The van der Waals surface area contributed by atoms with Crippen molar-refractivity contribution in [2.24, 2.45) is 5.92 Å². The number of carbonyl (C=O) groups excluding carboxylic acids is 1. The fraction of sp³-hybridized carbons (Fsp3) is 0.909. The first-order valence-corrected chi connectivity index (χ1v) is 5.61. The highest BCUT2D eigenvalue weighted by Crippen LogP contribution is 2.14. The van der Waals surface area contributed by atoms with Gasteiger partial charge < -0.3 is 14.8 Å². The summed E-state index contributed by atoms with van der Waals surface area (Å²) in [5.41, 5.74) is 0. The van der Waals surface area contributed by atoms with E-state index in [1.54, 1.807) is 0 Å². The molecule has 0 radical (unpaired) electrons.